The molecule has 29 heavy (non-hydrogen) atoms. The molecule has 0 saturated heterocycles. The molecule has 148 valence electrons. The van der Waals surface area contributed by atoms with Crippen LogP contribution < -0.4 is 10.1 Å². The maximum absolute atomic E-state index is 12.7. The van der Waals surface area contributed by atoms with Crippen molar-refractivity contribution in [2.45, 2.75) is 13.2 Å². The number of amides is 1. The van der Waals surface area contributed by atoms with E-state index in [0.29, 0.717) is 24.5 Å². The lowest BCUT2D eigenvalue weighted by molar-refractivity contribution is 0.102. The smallest absolute Gasteiger partial charge is 0.255 e. The van der Waals surface area contributed by atoms with Crippen LogP contribution in [0.15, 0.2) is 65.6 Å². The minimum absolute atomic E-state index is 0.178. The van der Waals surface area contributed by atoms with Crippen molar-refractivity contribution in [3.05, 3.63) is 76.9 Å². The molecule has 0 saturated carbocycles. The van der Waals surface area contributed by atoms with Crippen LogP contribution in [0.1, 0.15) is 16.1 Å². The van der Waals surface area contributed by atoms with Gasteiger partial charge in [0.1, 0.15) is 12.4 Å². The van der Waals surface area contributed by atoms with E-state index in [1.165, 1.54) is 11.3 Å². The van der Waals surface area contributed by atoms with Crippen molar-refractivity contribution in [2.24, 2.45) is 0 Å². The number of carbonyl (C=O) groups excluding carboxylic acids is 1. The van der Waals surface area contributed by atoms with Crippen LogP contribution in [0.3, 0.4) is 0 Å². The normalized spacial score (nSPS) is 10.9. The van der Waals surface area contributed by atoms with Crippen LogP contribution in [0.2, 0.25) is 0 Å². The third kappa shape index (κ3) is 4.64. The summed E-state index contributed by atoms with van der Waals surface area (Å²) in [5, 5.41) is 5.97. The highest BCUT2D eigenvalue weighted by atomic mass is 32.1. The summed E-state index contributed by atoms with van der Waals surface area (Å²) in [7, 11) is 1.69. The van der Waals surface area contributed by atoms with E-state index >= 15 is 0 Å². The van der Waals surface area contributed by atoms with E-state index in [4.69, 9.17) is 9.47 Å². The molecule has 0 aliphatic carbocycles. The van der Waals surface area contributed by atoms with Crippen LogP contribution in [0.4, 0.5) is 5.69 Å². The van der Waals surface area contributed by atoms with Crippen LogP contribution in [0.25, 0.3) is 10.9 Å². The molecular weight excluding hydrogens is 386 g/mol. The number of anilines is 1. The van der Waals surface area contributed by atoms with Gasteiger partial charge in [-0.3, -0.25) is 4.79 Å². The summed E-state index contributed by atoms with van der Waals surface area (Å²) in [5.41, 5.74) is 5.04. The molecule has 6 nitrogen and oxygen atoms in total. The highest BCUT2D eigenvalue weighted by molar-refractivity contribution is 7.07. The van der Waals surface area contributed by atoms with E-state index in [9.17, 15) is 4.79 Å². The largest absolute Gasteiger partial charge is 0.487 e. The Hall–Kier alpha value is -3.16. The molecule has 2 heterocycles. The number of ether oxygens (including phenoxy) is 2. The van der Waals surface area contributed by atoms with E-state index in [1.807, 2.05) is 48.0 Å². The van der Waals surface area contributed by atoms with Crippen LogP contribution >= 0.6 is 11.3 Å². The third-order valence-corrected chi connectivity index (χ3v) is 5.17. The van der Waals surface area contributed by atoms with Crippen molar-refractivity contribution in [3.63, 3.8) is 0 Å². The van der Waals surface area contributed by atoms with Gasteiger partial charge in [-0.25, -0.2) is 4.98 Å². The molecule has 0 bridgehead atoms. The minimum Gasteiger partial charge on any atom is -0.487 e. The lowest BCUT2D eigenvalue weighted by Crippen LogP contribution is -2.12. The highest BCUT2D eigenvalue weighted by Gasteiger charge is 2.09. The van der Waals surface area contributed by atoms with Gasteiger partial charge in [0.15, 0.2) is 0 Å². The number of benzene rings is 2. The fraction of sp³-hybridized carbons (Fsp3) is 0.182. The van der Waals surface area contributed by atoms with Gasteiger partial charge in [-0.1, -0.05) is 6.07 Å². The maximum atomic E-state index is 12.7. The summed E-state index contributed by atoms with van der Waals surface area (Å²) in [6.45, 7) is 1.83. The Balaban J connectivity index is 1.44. The number of carbonyl (C=O) groups is 1. The number of hydrogen-bond acceptors (Lipinski definition) is 5. The van der Waals surface area contributed by atoms with E-state index in [0.717, 1.165) is 28.8 Å². The average Bonchev–Trinajstić information content (AvgIpc) is 3.40. The minimum atomic E-state index is -0.178. The molecule has 0 aliphatic heterocycles. The number of nitrogens with one attached hydrogen (secondary N) is 1. The van der Waals surface area contributed by atoms with Crippen molar-refractivity contribution in [2.75, 3.05) is 19.0 Å². The average molecular weight is 407 g/mol. The van der Waals surface area contributed by atoms with Crippen LogP contribution in [-0.4, -0.2) is 29.2 Å². The second kappa shape index (κ2) is 8.89. The molecule has 0 atom stereocenters. The summed E-state index contributed by atoms with van der Waals surface area (Å²) < 4.78 is 13.0. The quantitative estimate of drug-likeness (QED) is 0.464. The molecule has 2 aromatic carbocycles. The van der Waals surface area contributed by atoms with Crippen molar-refractivity contribution >= 4 is 33.8 Å². The SMILES string of the molecule is COCCn1ccc2cc(NC(=O)c3cccc(OCc4cscn4)c3)ccc21. The number of thiazole rings is 1. The lowest BCUT2D eigenvalue weighted by atomic mass is 10.2. The molecule has 0 unspecified atom stereocenters. The Morgan fingerprint density at radius 3 is 2.97 bits per heavy atom. The first-order valence-corrected chi connectivity index (χ1v) is 10.2. The van der Waals surface area contributed by atoms with Gasteiger partial charge in [0.05, 0.1) is 17.8 Å². The molecule has 4 rings (SSSR count). The second-order valence-electron chi connectivity index (χ2n) is 6.53. The summed E-state index contributed by atoms with van der Waals surface area (Å²) in [6.07, 6.45) is 2.03. The zero-order valence-electron chi connectivity index (χ0n) is 16.0. The zero-order chi connectivity index (χ0) is 20.1. The molecule has 1 N–H and O–H groups in total. The molecule has 4 aromatic rings. The van der Waals surface area contributed by atoms with Crippen LogP contribution in [0, 0.1) is 0 Å². The Bertz CT molecular complexity index is 1110. The predicted octanol–water partition coefficient (Wildman–Crippen LogP) is 4.58. The fourth-order valence-corrected chi connectivity index (χ4v) is 3.60. The predicted molar refractivity (Wildman–Crippen MR) is 115 cm³/mol. The molecule has 0 aliphatic rings. The Labute approximate surface area is 172 Å². The first-order chi connectivity index (χ1) is 14.2. The molecule has 0 radical (unpaired) electrons. The van der Waals surface area contributed by atoms with Gasteiger partial charge in [-0.15, -0.1) is 11.3 Å². The van der Waals surface area contributed by atoms with Crippen LogP contribution in [0.5, 0.6) is 5.75 Å². The number of fused-ring (bicyclic) bond motifs is 1. The lowest BCUT2D eigenvalue weighted by Gasteiger charge is -2.09. The summed E-state index contributed by atoms with van der Waals surface area (Å²) in [6, 6.07) is 15.1. The summed E-state index contributed by atoms with van der Waals surface area (Å²) >= 11 is 1.53. The maximum Gasteiger partial charge on any atom is 0.255 e. The molecule has 0 spiro atoms. The summed E-state index contributed by atoms with van der Waals surface area (Å²) in [4.78, 5) is 16.9. The number of methoxy groups -OCH3 is 1. The van der Waals surface area contributed by atoms with E-state index in [1.54, 1.807) is 24.8 Å². The van der Waals surface area contributed by atoms with Gasteiger partial charge in [-0.05, 0) is 42.5 Å². The van der Waals surface area contributed by atoms with Crippen LogP contribution in [-0.2, 0) is 17.9 Å². The molecular formula is C22H21N3O3S. The van der Waals surface area contributed by atoms with E-state index in [-0.39, 0.29) is 5.91 Å². The topological polar surface area (TPSA) is 65.4 Å². The van der Waals surface area contributed by atoms with Crippen molar-refractivity contribution in [1.29, 1.82) is 0 Å². The molecule has 0 fully saturated rings. The van der Waals surface area contributed by atoms with Gasteiger partial charge >= 0.3 is 0 Å². The van der Waals surface area contributed by atoms with Gasteiger partial charge in [-0.2, -0.15) is 0 Å². The number of hydrogen-bond donors (Lipinski definition) is 1. The van der Waals surface area contributed by atoms with E-state index < -0.39 is 0 Å². The number of nitrogens with zero attached hydrogens (tertiary/aromatic N) is 2. The Morgan fingerprint density at radius 1 is 1.21 bits per heavy atom. The zero-order valence-corrected chi connectivity index (χ0v) is 16.8. The number of aromatic nitrogens is 2. The Kier molecular flexibility index (Phi) is 5.88. The number of rotatable bonds is 8. The third-order valence-electron chi connectivity index (χ3n) is 4.53. The second-order valence-corrected chi connectivity index (χ2v) is 7.24. The van der Waals surface area contributed by atoms with Crippen molar-refractivity contribution < 1.29 is 14.3 Å². The highest BCUT2D eigenvalue weighted by Crippen LogP contribution is 2.22. The van der Waals surface area contributed by atoms with Crippen molar-refractivity contribution in [1.82, 2.24) is 9.55 Å². The molecule has 2 aromatic heterocycles. The summed E-state index contributed by atoms with van der Waals surface area (Å²) in [5.74, 6) is 0.457. The Morgan fingerprint density at radius 2 is 2.14 bits per heavy atom. The van der Waals surface area contributed by atoms with Gasteiger partial charge in [0.25, 0.3) is 5.91 Å². The first-order valence-electron chi connectivity index (χ1n) is 9.22. The molecule has 1 amide bonds. The van der Waals surface area contributed by atoms with Gasteiger partial charge < -0.3 is 19.4 Å². The first kappa shape index (κ1) is 19.2. The fourth-order valence-electron chi connectivity index (χ4n) is 3.06. The van der Waals surface area contributed by atoms with Gasteiger partial charge in [0, 0.05) is 47.4 Å². The van der Waals surface area contributed by atoms with Crippen molar-refractivity contribution in [3.8, 4) is 5.75 Å². The molecule has 7 heteroatoms. The van der Waals surface area contributed by atoms with Gasteiger partial charge in [0.2, 0.25) is 0 Å². The van der Waals surface area contributed by atoms with E-state index in [2.05, 4.69) is 14.9 Å². The standard InChI is InChI=1S/C22H21N3O3S/c1-27-10-9-25-8-7-16-11-18(5-6-21(16)25)24-22(26)17-3-2-4-20(12-17)28-13-19-14-29-15-23-19/h2-8,11-12,14-15H,9-10,13H2,1H3,(H,24,26). The monoisotopic (exact) mass is 407 g/mol.